The molecular weight excluding hydrogens is 276 g/mol. The molecule has 0 aromatic heterocycles. The highest BCUT2D eigenvalue weighted by Gasteiger charge is 2.11. The fraction of sp³-hybridized carbons (Fsp3) is 0.474. The van der Waals surface area contributed by atoms with E-state index in [4.69, 9.17) is 9.47 Å². The average Bonchev–Trinajstić information content (AvgIpc) is 2.51. The molecule has 22 heavy (non-hydrogen) atoms. The SMILES string of the molecule is COc1cc(CO)cc(OC)c1C/C=C(\C)CCC=C(C)C. The Morgan fingerprint density at radius 1 is 1.05 bits per heavy atom. The smallest absolute Gasteiger partial charge is 0.126 e. The highest BCUT2D eigenvalue weighted by molar-refractivity contribution is 5.49. The Morgan fingerprint density at radius 2 is 1.64 bits per heavy atom. The Morgan fingerprint density at radius 3 is 2.09 bits per heavy atom. The predicted octanol–water partition coefficient (Wildman–Crippen LogP) is 4.43. The first-order chi connectivity index (χ1) is 10.5. The minimum atomic E-state index is -0.0232. The van der Waals surface area contributed by atoms with Crippen LogP contribution in [0.15, 0.2) is 35.4 Å². The number of allylic oxidation sites excluding steroid dienone is 4. The van der Waals surface area contributed by atoms with Gasteiger partial charge in [0, 0.05) is 5.56 Å². The van der Waals surface area contributed by atoms with Gasteiger partial charge in [0.25, 0.3) is 0 Å². The van der Waals surface area contributed by atoms with Crippen LogP contribution in [0, 0.1) is 0 Å². The van der Waals surface area contributed by atoms with E-state index in [1.54, 1.807) is 14.2 Å². The molecule has 0 amide bonds. The van der Waals surface area contributed by atoms with Gasteiger partial charge in [0.15, 0.2) is 0 Å². The van der Waals surface area contributed by atoms with Crippen molar-refractivity contribution in [2.45, 2.75) is 46.6 Å². The van der Waals surface area contributed by atoms with Crippen LogP contribution in [0.2, 0.25) is 0 Å². The molecule has 0 aliphatic heterocycles. The van der Waals surface area contributed by atoms with Crippen molar-refractivity contribution >= 4 is 0 Å². The van der Waals surface area contributed by atoms with Crippen molar-refractivity contribution in [3.8, 4) is 11.5 Å². The van der Waals surface area contributed by atoms with Crippen molar-refractivity contribution in [1.29, 1.82) is 0 Å². The number of aliphatic hydroxyl groups excluding tert-OH is 1. The fourth-order valence-electron chi connectivity index (χ4n) is 2.30. The molecule has 0 saturated heterocycles. The molecule has 0 saturated carbocycles. The quantitative estimate of drug-likeness (QED) is 0.722. The zero-order chi connectivity index (χ0) is 16.5. The van der Waals surface area contributed by atoms with Crippen LogP contribution in [-0.2, 0) is 13.0 Å². The third-order valence-electron chi connectivity index (χ3n) is 3.60. The number of methoxy groups -OCH3 is 2. The van der Waals surface area contributed by atoms with Crippen LogP contribution in [0.1, 0.15) is 44.7 Å². The molecule has 122 valence electrons. The minimum absolute atomic E-state index is 0.0232. The maximum Gasteiger partial charge on any atom is 0.126 e. The van der Waals surface area contributed by atoms with E-state index in [0.717, 1.165) is 41.9 Å². The van der Waals surface area contributed by atoms with Gasteiger partial charge in [0.1, 0.15) is 11.5 Å². The summed E-state index contributed by atoms with van der Waals surface area (Å²) in [5, 5.41) is 9.30. The van der Waals surface area contributed by atoms with Crippen LogP contribution in [0.5, 0.6) is 11.5 Å². The number of ether oxygens (including phenoxy) is 2. The molecule has 0 radical (unpaired) electrons. The summed E-state index contributed by atoms with van der Waals surface area (Å²) in [6.45, 7) is 6.37. The third-order valence-corrected chi connectivity index (χ3v) is 3.60. The van der Waals surface area contributed by atoms with E-state index in [1.165, 1.54) is 11.1 Å². The van der Waals surface area contributed by atoms with Gasteiger partial charge in [0.2, 0.25) is 0 Å². The van der Waals surface area contributed by atoms with Gasteiger partial charge in [-0.25, -0.2) is 0 Å². The molecule has 3 heteroatoms. The van der Waals surface area contributed by atoms with Crippen LogP contribution < -0.4 is 9.47 Å². The molecule has 1 aromatic carbocycles. The molecule has 0 fully saturated rings. The number of rotatable bonds is 8. The second-order valence-corrected chi connectivity index (χ2v) is 5.71. The number of hydrogen-bond donors (Lipinski definition) is 1. The first-order valence-corrected chi connectivity index (χ1v) is 7.65. The summed E-state index contributed by atoms with van der Waals surface area (Å²) < 4.78 is 10.9. The van der Waals surface area contributed by atoms with Crippen LogP contribution in [-0.4, -0.2) is 19.3 Å². The number of hydrogen-bond acceptors (Lipinski definition) is 3. The van der Waals surface area contributed by atoms with Crippen LogP contribution in [0.25, 0.3) is 0 Å². The van der Waals surface area contributed by atoms with E-state index in [-0.39, 0.29) is 6.61 Å². The van der Waals surface area contributed by atoms with Gasteiger partial charge in [-0.15, -0.1) is 0 Å². The molecular formula is C19H28O3. The standard InChI is InChI=1S/C19H28O3/c1-14(2)7-6-8-15(3)9-10-17-18(21-4)11-16(13-20)12-19(17)22-5/h7,9,11-12,20H,6,8,10,13H2,1-5H3/b15-9+. The summed E-state index contributed by atoms with van der Waals surface area (Å²) in [4.78, 5) is 0. The van der Waals surface area contributed by atoms with E-state index in [9.17, 15) is 5.11 Å². The Hall–Kier alpha value is -1.74. The first-order valence-electron chi connectivity index (χ1n) is 7.65. The second kappa shape index (κ2) is 9.31. The van der Waals surface area contributed by atoms with Crippen molar-refractivity contribution < 1.29 is 14.6 Å². The average molecular weight is 304 g/mol. The Balaban J connectivity index is 2.89. The monoisotopic (exact) mass is 304 g/mol. The molecule has 1 rings (SSSR count). The Labute approximate surface area is 134 Å². The summed E-state index contributed by atoms with van der Waals surface area (Å²) in [6, 6.07) is 3.73. The summed E-state index contributed by atoms with van der Waals surface area (Å²) in [6.07, 6.45) is 7.37. The van der Waals surface area contributed by atoms with E-state index < -0.39 is 0 Å². The van der Waals surface area contributed by atoms with E-state index in [1.807, 2.05) is 12.1 Å². The molecule has 0 heterocycles. The van der Waals surface area contributed by atoms with Gasteiger partial charge >= 0.3 is 0 Å². The van der Waals surface area contributed by atoms with Crippen molar-refractivity contribution in [2.24, 2.45) is 0 Å². The maximum absolute atomic E-state index is 9.30. The Bertz CT molecular complexity index is 513. The van der Waals surface area contributed by atoms with Gasteiger partial charge in [0.05, 0.1) is 20.8 Å². The predicted molar refractivity (Wildman–Crippen MR) is 91.6 cm³/mol. The van der Waals surface area contributed by atoms with Crippen molar-refractivity contribution in [1.82, 2.24) is 0 Å². The number of benzene rings is 1. The summed E-state index contributed by atoms with van der Waals surface area (Å²) >= 11 is 0. The summed E-state index contributed by atoms with van der Waals surface area (Å²) in [5.74, 6) is 1.52. The lowest BCUT2D eigenvalue weighted by molar-refractivity contribution is 0.279. The van der Waals surface area contributed by atoms with Gasteiger partial charge < -0.3 is 14.6 Å². The van der Waals surface area contributed by atoms with Gasteiger partial charge in [-0.2, -0.15) is 0 Å². The fourth-order valence-corrected chi connectivity index (χ4v) is 2.30. The van der Waals surface area contributed by atoms with Crippen molar-refractivity contribution in [3.05, 3.63) is 46.6 Å². The number of aliphatic hydroxyl groups is 1. The van der Waals surface area contributed by atoms with Gasteiger partial charge in [-0.3, -0.25) is 0 Å². The highest BCUT2D eigenvalue weighted by Crippen LogP contribution is 2.31. The van der Waals surface area contributed by atoms with E-state index >= 15 is 0 Å². The van der Waals surface area contributed by atoms with Crippen LogP contribution in [0.4, 0.5) is 0 Å². The lowest BCUT2D eigenvalue weighted by atomic mass is 10.0. The molecule has 1 aromatic rings. The highest BCUT2D eigenvalue weighted by atomic mass is 16.5. The van der Waals surface area contributed by atoms with E-state index in [0.29, 0.717) is 0 Å². The van der Waals surface area contributed by atoms with Crippen molar-refractivity contribution in [2.75, 3.05) is 14.2 Å². The normalized spacial score (nSPS) is 11.3. The zero-order valence-corrected chi connectivity index (χ0v) is 14.4. The molecule has 0 bridgehead atoms. The lowest BCUT2D eigenvalue weighted by Crippen LogP contribution is -1.99. The largest absolute Gasteiger partial charge is 0.496 e. The molecule has 0 aliphatic carbocycles. The molecule has 3 nitrogen and oxygen atoms in total. The second-order valence-electron chi connectivity index (χ2n) is 5.71. The van der Waals surface area contributed by atoms with Gasteiger partial charge in [-0.1, -0.05) is 23.3 Å². The van der Waals surface area contributed by atoms with Crippen molar-refractivity contribution in [3.63, 3.8) is 0 Å². The zero-order valence-electron chi connectivity index (χ0n) is 14.4. The van der Waals surface area contributed by atoms with Gasteiger partial charge in [-0.05, 0) is 57.7 Å². The first kappa shape index (κ1) is 18.3. The van der Waals surface area contributed by atoms with Crippen LogP contribution in [0.3, 0.4) is 0 Å². The molecule has 0 atom stereocenters. The topological polar surface area (TPSA) is 38.7 Å². The molecule has 0 spiro atoms. The summed E-state index contributed by atoms with van der Waals surface area (Å²) in [5.41, 5.74) is 4.52. The lowest BCUT2D eigenvalue weighted by Gasteiger charge is -2.14. The Kier molecular flexibility index (Phi) is 7.75. The van der Waals surface area contributed by atoms with E-state index in [2.05, 4.69) is 32.9 Å². The molecule has 1 N–H and O–H groups in total. The van der Waals surface area contributed by atoms with Crippen LogP contribution >= 0.6 is 0 Å². The molecule has 0 unspecified atom stereocenters. The minimum Gasteiger partial charge on any atom is -0.496 e. The molecule has 0 aliphatic rings. The third kappa shape index (κ3) is 5.57. The maximum atomic E-state index is 9.30. The summed E-state index contributed by atoms with van der Waals surface area (Å²) in [7, 11) is 3.29.